The molecule has 1 aromatic carbocycles. The molecular formula is C16H21N3. The van der Waals surface area contributed by atoms with Crippen molar-refractivity contribution in [2.75, 3.05) is 12.4 Å². The number of hydrogen-bond acceptors (Lipinski definition) is 3. The topological polar surface area (TPSA) is 39.1 Å². The fraction of sp³-hybridized carbons (Fsp3) is 0.562. The van der Waals surface area contributed by atoms with Gasteiger partial charge in [-0.3, -0.25) is 0 Å². The SMILES string of the molecule is CN1C2CCCC1CC(Nc1cccc(C#N)c1)C2. The molecule has 2 unspecified atom stereocenters. The molecule has 2 atom stereocenters. The van der Waals surface area contributed by atoms with Gasteiger partial charge in [0, 0.05) is 23.8 Å². The molecule has 3 heteroatoms. The highest BCUT2D eigenvalue weighted by Gasteiger charge is 2.35. The molecule has 2 heterocycles. The highest BCUT2D eigenvalue weighted by Crippen LogP contribution is 2.33. The average Bonchev–Trinajstić information content (AvgIpc) is 2.40. The van der Waals surface area contributed by atoms with Crippen LogP contribution in [-0.4, -0.2) is 30.1 Å². The van der Waals surface area contributed by atoms with E-state index < -0.39 is 0 Å². The molecule has 0 spiro atoms. The van der Waals surface area contributed by atoms with Gasteiger partial charge in [0.05, 0.1) is 11.6 Å². The summed E-state index contributed by atoms with van der Waals surface area (Å²) < 4.78 is 0. The number of fused-ring (bicyclic) bond motifs is 2. The summed E-state index contributed by atoms with van der Waals surface area (Å²) in [7, 11) is 2.28. The Kier molecular flexibility index (Phi) is 3.44. The van der Waals surface area contributed by atoms with Gasteiger partial charge in [0.1, 0.15) is 0 Å². The monoisotopic (exact) mass is 255 g/mol. The quantitative estimate of drug-likeness (QED) is 0.883. The Hall–Kier alpha value is -1.53. The van der Waals surface area contributed by atoms with Crippen LogP contribution in [0.3, 0.4) is 0 Å². The molecule has 2 bridgehead atoms. The van der Waals surface area contributed by atoms with E-state index in [1.54, 1.807) is 0 Å². The van der Waals surface area contributed by atoms with Gasteiger partial charge in [0.2, 0.25) is 0 Å². The van der Waals surface area contributed by atoms with E-state index in [1.807, 2.05) is 18.2 Å². The molecule has 0 aromatic heterocycles. The van der Waals surface area contributed by atoms with Gasteiger partial charge in [-0.05, 0) is 50.9 Å². The first-order chi connectivity index (χ1) is 9.26. The zero-order valence-electron chi connectivity index (χ0n) is 11.5. The standard InChI is InChI=1S/C16H21N3/c1-19-15-6-3-7-16(19)10-14(9-15)18-13-5-2-4-12(8-13)11-17/h2,4-5,8,14-16,18H,3,6-7,9-10H2,1H3. The van der Waals surface area contributed by atoms with Crippen LogP contribution >= 0.6 is 0 Å². The number of nitrogens with zero attached hydrogens (tertiary/aromatic N) is 2. The van der Waals surface area contributed by atoms with Crippen LogP contribution in [-0.2, 0) is 0 Å². The number of piperidine rings is 2. The fourth-order valence-corrected chi connectivity index (χ4v) is 3.65. The van der Waals surface area contributed by atoms with E-state index in [2.05, 4.69) is 29.4 Å². The third kappa shape index (κ3) is 2.59. The number of anilines is 1. The lowest BCUT2D eigenvalue weighted by molar-refractivity contribution is 0.0608. The predicted molar refractivity (Wildman–Crippen MR) is 77.0 cm³/mol. The van der Waals surface area contributed by atoms with Gasteiger partial charge in [0.25, 0.3) is 0 Å². The van der Waals surface area contributed by atoms with Gasteiger partial charge in [-0.15, -0.1) is 0 Å². The van der Waals surface area contributed by atoms with Gasteiger partial charge >= 0.3 is 0 Å². The maximum Gasteiger partial charge on any atom is 0.0992 e. The summed E-state index contributed by atoms with van der Waals surface area (Å²) in [6, 6.07) is 12.1. The second-order valence-corrected chi connectivity index (χ2v) is 5.91. The van der Waals surface area contributed by atoms with Crippen LogP contribution < -0.4 is 5.32 Å². The number of nitrogens with one attached hydrogen (secondary N) is 1. The van der Waals surface area contributed by atoms with Gasteiger partial charge < -0.3 is 10.2 Å². The van der Waals surface area contributed by atoms with Crippen LogP contribution in [0.15, 0.2) is 24.3 Å². The molecule has 19 heavy (non-hydrogen) atoms. The molecule has 1 N–H and O–H groups in total. The molecule has 3 rings (SSSR count). The van der Waals surface area contributed by atoms with Crippen LogP contribution in [0.5, 0.6) is 0 Å². The van der Waals surface area contributed by atoms with E-state index in [0.717, 1.165) is 23.3 Å². The van der Waals surface area contributed by atoms with E-state index in [0.29, 0.717) is 6.04 Å². The summed E-state index contributed by atoms with van der Waals surface area (Å²) in [5.74, 6) is 0. The first-order valence-corrected chi connectivity index (χ1v) is 7.25. The highest BCUT2D eigenvalue weighted by atomic mass is 15.2. The van der Waals surface area contributed by atoms with E-state index in [9.17, 15) is 0 Å². The molecule has 0 saturated carbocycles. The van der Waals surface area contributed by atoms with Crippen LogP contribution in [0.25, 0.3) is 0 Å². The summed E-state index contributed by atoms with van der Waals surface area (Å²) >= 11 is 0. The molecule has 2 fully saturated rings. The summed E-state index contributed by atoms with van der Waals surface area (Å²) in [4.78, 5) is 2.58. The first-order valence-electron chi connectivity index (χ1n) is 7.25. The van der Waals surface area contributed by atoms with Gasteiger partial charge in [-0.25, -0.2) is 0 Å². The van der Waals surface area contributed by atoms with Crippen molar-refractivity contribution in [1.29, 1.82) is 5.26 Å². The summed E-state index contributed by atoms with van der Waals surface area (Å²) in [5, 5.41) is 12.6. The lowest BCUT2D eigenvalue weighted by atomic mass is 9.82. The van der Waals surface area contributed by atoms with Crippen LogP contribution in [0, 0.1) is 11.3 Å². The molecule has 3 nitrogen and oxygen atoms in total. The third-order valence-electron chi connectivity index (χ3n) is 4.70. The Morgan fingerprint density at radius 1 is 1.26 bits per heavy atom. The maximum absolute atomic E-state index is 8.95. The Morgan fingerprint density at radius 2 is 2.00 bits per heavy atom. The molecule has 0 amide bonds. The highest BCUT2D eigenvalue weighted by molar-refractivity contribution is 5.49. The Morgan fingerprint density at radius 3 is 2.68 bits per heavy atom. The summed E-state index contributed by atoms with van der Waals surface area (Å²) in [6.07, 6.45) is 6.51. The first kappa shape index (κ1) is 12.5. The number of rotatable bonds is 2. The Bertz CT molecular complexity index is 477. The number of benzene rings is 1. The van der Waals surface area contributed by atoms with Crippen LogP contribution in [0.4, 0.5) is 5.69 Å². The van der Waals surface area contributed by atoms with E-state index in [4.69, 9.17) is 5.26 Å². The van der Waals surface area contributed by atoms with Crippen molar-refractivity contribution in [2.24, 2.45) is 0 Å². The zero-order chi connectivity index (χ0) is 13.2. The third-order valence-corrected chi connectivity index (χ3v) is 4.70. The number of nitriles is 1. The minimum Gasteiger partial charge on any atom is -0.382 e. The number of hydrogen-bond donors (Lipinski definition) is 1. The minimum atomic E-state index is 0.556. The zero-order valence-corrected chi connectivity index (χ0v) is 11.5. The second-order valence-electron chi connectivity index (χ2n) is 5.91. The van der Waals surface area contributed by atoms with Crippen LogP contribution in [0.2, 0.25) is 0 Å². The van der Waals surface area contributed by atoms with Gasteiger partial charge in [-0.1, -0.05) is 12.5 Å². The maximum atomic E-state index is 8.95. The van der Waals surface area contributed by atoms with Gasteiger partial charge in [-0.2, -0.15) is 5.26 Å². The molecule has 2 aliphatic rings. The minimum absolute atomic E-state index is 0.556. The molecular weight excluding hydrogens is 234 g/mol. The normalized spacial score (nSPS) is 30.6. The van der Waals surface area contributed by atoms with Crippen molar-refractivity contribution in [3.8, 4) is 6.07 Å². The Labute approximate surface area is 115 Å². The lowest BCUT2D eigenvalue weighted by Gasteiger charge is -2.47. The van der Waals surface area contributed by atoms with Crippen LogP contribution in [0.1, 0.15) is 37.7 Å². The second kappa shape index (κ2) is 5.22. The summed E-state index contributed by atoms with van der Waals surface area (Å²) in [5.41, 5.74) is 1.82. The van der Waals surface area contributed by atoms with E-state index >= 15 is 0 Å². The summed E-state index contributed by atoms with van der Waals surface area (Å²) in [6.45, 7) is 0. The molecule has 1 aromatic rings. The average molecular weight is 255 g/mol. The Balaban J connectivity index is 1.69. The van der Waals surface area contributed by atoms with Crippen molar-refractivity contribution in [3.05, 3.63) is 29.8 Å². The van der Waals surface area contributed by atoms with Gasteiger partial charge in [0.15, 0.2) is 0 Å². The van der Waals surface area contributed by atoms with Crippen molar-refractivity contribution >= 4 is 5.69 Å². The fourth-order valence-electron chi connectivity index (χ4n) is 3.65. The smallest absolute Gasteiger partial charge is 0.0992 e. The molecule has 100 valence electrons. The van der Waals surface area contributed by atoms with E-state index in [1.165, 1.54) is 32.1 Å². The lowest BCUT2D eigenvalue weighted by Crippen LogP contribution is -2.52. The van der Waals surface area contributed by atoms with Crippen molar-refractivity contribution < 1.29 is 0 Å². The predicted octanol–water partition coefficient (Wildman–Crippen LogP) is 2.99. The van der Waals surface area contributed by atoms with Crippen molar-refractivity contribution in [3.63, 3.8) is 0 Å². The molecule has 2 saturated heterocycles. The largest absolute Gasteiger partial charge is 0.382 e. The molecule has 0 radical (unpaired) electrons. The van der Waals surface area contributed by atoms with Crippen molar-refractivity contribution in [1.82, 2.24) is 4.90 Å². The van der Waals surface area contributed by atoms with E-state index in [-0.39, 0.29) is 0 Å². The molecule has 2 aliphatic heterocycles. The van der Waals surface area contributed by atoms with Crippen molar-refractivity contribution in [2.45, 2.75) is 50.2 Å². The molecule has 0 aliphatic carbocycles.